The van der Waals surface area contributed by atoms with Crippen molar-refractivity contribution in [3.63, 3.8) is 0 Å². The fourth-order valence-electron chi connectivity index (χ4n) is 3.26. The molecular formula is C20H19ClN2O2S. The minimum atomic E-state index is 0.0329. The molecule has 0 unspecified atom stereocenters. The van der Waals surface area contributed by atoms with Crippen molar-refractivity contribution in [1.82, 2.24) is 4.90 Å². The summed E-state index contributed by atoms with van der Waals surface area (Å²) >= 11 is 7.94. The van der Waals surface area contributed by atoms with E-state index in [1.54, 1.807) is 7.11 Å². The number of anilines is 1. The second kappa shape index (κ2) is 7.17. The SMILES string of the molecule is COc1ccc(N2CCN(C(=O)c3sc4ccccc4c3Cl)CC2)cc1. The largest absolute Gasteiger partial charge is 0.497 e. The maximum Gasteiger partial charge on any atom is 0.265 e. The van der Waals surface area contributed by atoms with Gasteiger partial charge in [-0.2, -0.15) is 0 Å². The number of thiophene rings is 1. The first-order valence-electron chi connectivity index (χ1n) is 8.52. The van der Waals surface area contributed by atoms with E-state index in [0.717, 1.165) is 34.6 Å². The first kappa shape index (κ1) is 17.2. The molecule has 2 heterocycles. The van der Waals surface area contributed by atoms with Crippen LogP contribution in [0.1, 0.15) is 9.67 Å². The molecule has 3 aromatic rings. The maximum atomic E-state index is 12.9. The summed E-state index contributed by atoms with van der Waals surface area (Å²) in [4.78, 5) is 17.8. The highest BCUT2D eigenvalue weighted by molar-refractivity contribution is 7.21. The van der Waals surface area contributed by atoms with Crippen LogP contribution < -0.4 is 9.64 Å². The van der Waals surface area contributed by atoms with Crippen molar-refractivity contribution >= 4 is 44.6 Å². The molecule has 0 atom stereocenters. The molecule has 4 rings (SSSR count). The molecule has 0 N–H and O–H groups in total. The van der Waals surface area contributed by atoms with Gasteiger partial charge in [-0.15, -0.1) is 11.3 Å². The fraction of sp³-hybridized carbons (Fsp3) is 0.250. The first-order chi connectivity index (χ1) is 12.7. The summed E-state index contributed by atoms with van der Waals surface area (Å²) in [6.07, 6.45) is 0. The Morgan fingerprint density at radius 1 is 1.04 bits per heavy atom. The van der Waals surface area contributed by atoms with Crippen LogP contribution in [0.2, 0.25) is 5.02 Å². The Hall–Kier alpha value is -2.24. The molecule has 2 aromatic carbocycles. The summed E-state index contributed by atoms with van der Waals surface area (Å²) in [6, 6.07) is 15.9. The molecule has 1 aromatic heterocycles. The Labute approximate surface area is 161 Å². The quantitative estimate of drug-likeness (QED) is 0.663. The van der Waals surface area contributed by atoms with Crippen molar-refractivity contribution in [3.05, 3.63) is 58.4 Å². The van der Waals surface area contributed by atoms with Crippen molar-refractivity contribution in [2.75, 3.05) is 38.2 Å². The van der Waals surface area contributed by atoms with Crippen molar-refractivity contribution in [2.24, 2.45) is 0 Å². The lowest BCUT2D eigenvalue weighted by Crippen LogP contribution is -2.48. The van der Waals surface area contributed by atoms with E-state index < -0.39 is 0 Å². The van der Waals surface area contributed by atoms with Gasteiger partial charge in [0.25, 0.3) is 5.91 Å². The molecule has 4 nitrogen and oxygen atoms in total. The topological polar surface area (TPSA) is 32.8 Å². The molecule has 0 saturated carbocycles. The lowest BCUT2D eigenvalue weighted by molar-refractivity contribution is 0.0752. The number of hydrogen-bond donors (Lipinski definition) is 0. The molecular weight excluding hydrogens is 368 g/mol. The molecule has 1 aliphatic rings. The number of hydrogen-bond acceptors (Lipinski definition) is 4. The Kier molecular flexibility index (Phi) is 4.74. The van der Waals surface area contributed by atoms with Gasteiger partial charge in [-0.3, -0.25) is 4.79 Å². The standard InChI is InChI=1S/C20H19ClN2O2S/c1-25-15-8-6-14(7-9-15)22-10-12-23(13-11-22)20(24)19-18(21)16-4-2-3-5-17(16)26-19/h2-9H,10-13H2,1H3. The lowest BCUT2D eigenvalue weighted by atomic mass is 10.2. The summed E-state index contributed by atoms with van der Waals surface area (Å²) < 4.78 is 6.26. The second-order valence-corrected chi connectivity index (χ2v) is 7.65. The van der Waals surface area contributed by atoms with Gasteiger partial charge in [-0.05, 0) is 30.3 Å². The highest BCUT2D eigenvalue weighted by Gasteiger charge is 2.26. The predicted octanol–water partition coefficient (Wildman–Crippen LogP) is 4.53. The van der Waals surface area contributed by atoms with Crippen LogP contribution in [-0.4, -0.2) is 44.1 Å². The molecule has 1 amide bonds. The third-order valence-electron chi connectivity index (χ3n) is 4.73. The molecule has 0 bridgehead atoms. The molecule has 26 heavy (non-hydrogen) atoms. The smallest absolute Gasteiger partial charge is 0.265 e. The molecule has 1 fully saturated rings. The zero-order valence-electron chi connectivity index (χ0n) is 14.4. The molecule has 6 heteroatoms. The normalized spacial score (nSPS) is 14.7. The van der Waals surface area contributed by atoms with E-state index in [0.29, 0.717) is 23.0 Å². The van der Waals surface area contributed by atoms with Gasteiger partial charge in [0.15, 0.2) is 0 Å². The minimum absolute atomic E-state index is 0.0329. The molecule has 0 radical (unpaired) electrons. The molecule has 0 spiro atoms. The van der Waals surface area contributed by atoms with Gasteiger partial charge in [0.05, 0.1) is 12.1 Å². The number of amides is 1. The number of halogens is 1. The number of ether oxygens (including phenoxy) is 1. The van der Waals surface area contributed by atoms with Gasteiger partial charge in [-0.1, -0.05) is 29.8 Å². The lowest BCUT2D eigenvalue weighted by Gasteiger charge is -2.36. The first-order valence-corrected chi connectivity index (χ1v) is 9.72. The van der Waals surface area contributed by atoms with Gasteiger partial charge in [-0.25, -0.2) is 0 Å². The van der Waals surface area contributed by atoms with Gasteiger partial charge in [0.1, 0.15) is 10.6 Å². The maximum absolute atomic E-state index is 12.9. The Morgan fingerprint density at radius 2 is 1.73 bits per heavy atom. The van der Waals surface area contributed by atoms with Crippen LogP contribution in [0.4, 0.5) is 5.69 Å². The van der Waals surface area contributed by atoms with E-state index >= 15 is 0 Å². The number of piperazine rings is 1. The summed E-state index contributed by atoms with van der Waals surface area (Å²) in [5, 5.41) is 1.53. The average molecular weight is 387 g/mol. The zero-order chi connectivity index (χ0) is 18.1. The van der Waals surface area contributed by atoms with Crippen LogP contribution in [0.3, 0.4) is 0 Å². The van der Waals surface area contributed by atoms with E-state index in [9.17, 15) is 4.79 Å². The third kappa shape index (κ3) is 3.13. The summed E-state index contributed by atoms with van der Waals surface area (Å²) in [7, 11) is 1.67. The monoisotopic (exact) mass is 386 g/mol. The molecule has 1 saturated heterocycles. The highest BCUT2D eigenvalue weighted by atomic mass is 35.5. The van der Waals surface area contributed by atoms with E-state index in [-0.39, 0.29) is 5.91 Å². The summed E-state index contributed by atoms with van der Waals surface area (Å²) in [5.74, 6) is 0.882. The van der Waals surface area contributed by atoms with Crippen LogP contribution in [0.5, 0.6) is 5.75 Å². The number of rotatable bonds is 3. The Balaban J connectivity index is 1.46. The summed E-state index contributed by atoms with van der Waals surface area (Å²) in [5.41, 5.74) is 1.15. The Morgan fingerprint density at radius 3 is 2.38 bits per heavy atom. The van der Waals surface area contributed by atoms with Gasteiger partial charge < -0.3 is 14.5 Å². The van der Waals surface area contributed by atoms with Gasteiger partial charge in [0.2, 0.25) is 0 Å². The summed E-state index contributed by atoms with van der Waals surface area (Å²) in [6.45, 7) is 2.99. The number of carbonyl (C=O) groups is 1. The van der Waals surface area contributed by atoms with Crippen LogP contribution in [0, 0.1) is 0 Å². The van der Waals surface area contributed by atoms with Crippen molar-refractivity contribution in [3.8, 4) is 5.75 Å². The van der Waals surface area contributed by atoms with E-state index in [1.165, 1.54) is 11.3 Å². The van der Waals surface area contributed by atoms with Gasteiger partial charge in [0, 0.05) is 42.0 Å². The molecule has 0 aliphatic carbocycles. The van der Waals surface area contributed by atoms with Crippen LogP contribution in [0.25, 0.3) is 10.1 Å². The van der Waals surface area contributed by atoms with Crippen molar-refractivity contribution < 1.29 is 9.53 Å². The fourth-order valence-corrected chi connectivity index (χ4v) is 4.74. The van der Waals surface area contributed by atoms with Crippen LogP contribution in [0.15, 0.2) is 48.5 Å². The van der Waals surface area contributed by atoms with E-state index in [4.69, 9.17) is 16.3 Å². The zero-order valence-corrected chi connectivity index (χ0v) is 16.0. The van der Waals surface area contributed by atoms with Gasteiger partial charge >= 0.3 is 0 Å². The predicted molar refractivity (Wildman–Crippen MR) is 108 cm³/mol. The third-order valence-corrected chi connectivity index (χ3v) is 6.40. The van der Waals surface area contributed by atoms with Crippen molar-refractivity contribution in [2.45, 2.75) is 0 Å². The van der Waals surface area contributed by atoms with Crippen LogP contribution in [-0.2, 0) is 0 Å². The van der Waals surface area contributed by atoms with E-state index in [2.05, 4.69) is 17.0 Å². The Bertz CT molecular complexity index is 931. The highest BCUT2D eigenvalue weighted by Crippen LogP contribution is 2.36. The molecule has 1 aliphatic heterocycles. The van der Waals surface area contributed by atoms with Crippen molar-refractivity contribution in [1.29, 1.82) is 0 Å². The number of carbonyl (C=O) groups excluding carboxylic acids is 1. The number of fused-ring (bicyclic) bond motifs is 1. The minimum Gasteiger partial charge on any atom is -0.497 e. The van der Waals surface area contributed by atoms with Crippen LogP contribution >= 0.6 is 22.9 Å². The second-order valence-electron chi connectivity index (χ2n) is 6.22. The number of nitrogens with zero attached hydrogens (tertiary/aromatic N) is 2. The number of methoxy groups -OCH3 is 1. The number of benzene rings is 2. The van der Waals surface area contributed by atoms with E-state index in [1.807, 2.05) is 41.3 Å². The molecule has 134 valence electrons. The average Bonchev–Trinajstić information content (AvgIpc) is 3.04.